The summed E-state index contributed by atoms with van der Waals surface area (Å²) in [5, 5.41) is 83.3. The van der Waals surface area contributed by atoms with Crippen molar-refractivity contribution >= 4 is 11.9 Å². The summed E-state index contributed by atoms with van der Waals surface area (Å²) in [6.45, 7) is 33.0. The summed E-state index contributed by atoms with van der Waals surface area (Å²) in [5.41, 5.74) is -14.0. The second-order valence-electron chi connectivity index (χ2n) is 43.1. The molecule has 9 N–H and O–H groups in total. The Morgan fingerprint density at radius 1 is 0.352 bits per heavy atom. The first-order chi connectivity index (χ1) is 56.7. The predicted molar refractivity (Wildman–Crippen MR) is 413 cm³/mol. The van der Waals surface area contributed by atoms with E-state index >= 15 is 0 Å². The average molecular weight is 1850 g/mol. The maximum absolute atomic E-state index is 13.0. The van der Waals surface area contributed by atoms with Crippen LogP contribution in [-0.2, 0) is 9.59 Å². The molecule has 0 radical (unpaired) electrons. The summed E-state index contributed by atoms with van der Waals surface area (Å²) >= 11 is 0. The van der Waals surface area contributed by atoms with Gasteiger partial charge in [-0.2, -0.15) is 105 Å². The van der Waals surface area contributed by atoms with Gasteiger partial charge >= 0.3 is 61.3 Å². The van der Waals surface area contributed by atoms with Crippen LogP contribution in [0, 0.1) is 236 Å². The van der Waals surface area contributed by atoms with Crippen LogP contribution in [-0.4, -0.2) is 150 Å². The molecule has 125 heavy (non-hydrogen) atoms. The van der Waals surface area contributed by atoms with Crippen LogP contribution in [0.2, 0.25) is 0 Å². The van der Waals surface area contributed by atoms with E-state index in [0.717, 1.165) is 43.4 Å². The molecular weight excluding hydrogens is 1710 g/mol. The van der Waals surface area contributed by atoms with E-state index in [9.17, 15) is 146 Å². The van der Waals surface area contributed by atoms with Gasteiger partial charge in [0, 0.05) is 19.1 Å². The van der Waals surface area contributed by atoms with Crippen molar-refractivity contribution in [3.8, 4) is 0 Å². The summed E-state index contributed by atoms with van der Waals surface area (Å²) in [6, 6.07) is 0. The molecule has 0 spiro atoms. The highest BCUT2D eigenvalue weighted by molar-refractivity contribution is 5.77. The molecule has 0 saturated heterocycles. The van der Waals surface area contributed by atoms with Gasteiger partial charge in [0.05, 0.1) is 5.92 Å². The molecule has 0 aromatic rings. The zero-order valence-electron chi connectivity index (χ0n) is 74.0. The van der Waals surface area contributed by atoms with Crippen LogP contribution in [0.4, 0.5) is 105 Å². The number of rotatable bonds is 10. The van der Waals surface area contributed by atoms with Crippen LogP contribution in [0.1, 0.15) is 220 Å². The maximum Gasteiger partial charge on any atom is 0.426 e. The number of fused-ring (bicyclic) bond motifs is 16. The fraction of sp³-hybridized carbons (Fsp3) is 0.978. The van der Waals surface area contributed by atoms with E-state index in [0.29, 0.717) is 133 Å². The van der Waals surface area contributed by atoms with Crippen molar-refractivity contribution in [2.24, 2.45) is 236 Å². The molecule has 0 heterocycles. The standard InChI is InChI=1S/C13H18F6O.C12H16F6O.C12H19F3O.C11H15F3O2.C11H17F3O.C11H20O2.C10H15F3O.C10H16O2/c1-6-7(2)10-4-8(6)3-9(10)5-11(20,12(14,15)16)13(17,18)19;1-5-6(2)8-3-7(5)4-9(8)10(19,11(13,14)15)12(16,17)18;1-6-7(2)10-4-8(6)3-9(10)5-11(16)12(13,14)15;1-5-6(2)8-3-7(5)4-10(8,9(15)16)11(12,13)14;1-5-6(2)8-3-7(5)4-9(8)10(15)11(12,13)14;1-6-7(2)9-3-8(6)10(4-12)11(9)5-13;1-5-6(2)8-3-7(5)4-9(8,14)10(11,12)13;1-5-6(2)8-3-7(5)4-9(8)10(11)12/h6-10,20H,3-5H2,1-2H3;5-9,19H,3-4H2,1-2H3;6-11,16H,3-5H2,1-2H3;5-8H,3-4H2,1-2H3,(H,15,16);5-10,15H,3-4H2,1-2H3;6-13H,3-5H2,1-2H3;5-8,14H,3-4H2,1-2H3;5-9H,3-4H2,1-2H3,(H,11,12). The molecule has 35 heteroatoms. The second kappa shape index (κ2) is 37.0. The first kappa shape index (κ1) is 106. The zero-order valence-corrected chi connectivity index (χ0v) is 74.0. The highest BCUT2D eigenvalue weighted by atomic mass is 19.4. The lowest BCUT2D eigenvalue weighted by atomic mass is 9.65. The van der Waals surface area contributed by atoms with Gasteiger partial charge < -0.3 is 46.0 Å². The number of alkyl halides is 24. The zero-order chi connectivity index (χ0) is 95.3. The van der Waals surface area contributed by atoms with E-state index in [1.807, 2.05) is 48.5 Å². The molecule has 16 fully saturated rings. The molecule has 11 nitrogen and oxygen atoms in total. The monoisotopic (exact) mass is 1850 g/mol. The molecule has 730 valence electrons. The molecule has 0 aromatic heterocycles. The van der Waals surface area contributed by atoms with Gasteiger partial charge in [-0.05, 0) is 328 Å². The molecule has 43 atom stereocenters. The molecule has 16 rings (SSSR count). The van der Waals surface area contributed by atoms with E-state index < -0.39 is 138 Å². The Kier molecular flexibility index (Phi) is 31.3. The molecule has 16 aliphatic rings. The molecule has 0 aromatic carbocycles. The lowest BCUT2D eigenvalue weighted by Gasteiger charge is -2.43. The molecule has 16 saturated carbocycles. The number of aliphatic carboxylic acids is 2. The fourth-order valence-electron chi connectivity index (χ4n) is 29.6. The van der Waals surface area contributed by atoms with Gasteiger partial charge in [-0.25, -0.2) is 0 Å². The van der Waals surface area contributed by atoms with Crippen LogP contribution < -0.4 is 0 Å². The Labute approximate surface area is 718 Å². The SMILES string of the molecule is CC1C(C)C2CC1C(CO)C2CO.CC1C2CC(C(=O)O)C(C2)C1C.CC1C2CC(C1C)C(C(=O)O)(C(F)(F)F)C2.CC1C2CC(C1C)C(C(O)(C(F)(F)F)C(F)(F)F)C2.CC1C2CC(C1C)C(C(O)C(F)(F)F)C2.CC1C2CC(C1C)C(O)(C(F)(F)F)C2.CC1C2CC(CC(O)(C(F)(F)F)C(F)(F)F)C(C2)C1C.CC1C2CC(CC(O)C(F)(F)F)C(C2)C1C. The van der Waals surface area contributed by atoms with Crippen molar-refractivity contribution < 1.29 is 161 Å². The smallest absolute Gasteiger partial charge is 0.426 e. The number of aliphatic hydroxyl groups excluding tert-OH is 4. The van der Waals surface area contributed by atoms with E-state index in [1.165, 1.54) is 12.8 Å². The van der Waals surface area contributed by atoms with Crippen molar-refractivity contribution in [3.05, 3.63) is 0 Å². The van der Waals surface area contributed by atoms with Gasteiger partial charge in [-0.15, -0.1) is 0 Å². The van der Waals surface area contributed by atoms with Gasteiger partial charge in [0.2, 0.25) is 0 Å². The first-order valence-electron chi connectivity index (χ1n) is 45.5. The minimum absolute atomic E-state index is 0.0135. The summed E-state index contributed by atoms with van der Waals surface area (Å²) in [5.74, 6) is 2.87. The molecule has 16 aliphatic carbocycles. The highest BCUT2D eigenvalue weighted by Gasteiger charge is 2.78. The number of hydrogen-bond acceptors (Lipinski definition) is 9. The van der Waals surface area contributed by atoms with Crippen molar-refractivity contribution in [2.45, 2.75) is 298 Å². The first-order valence-corrected chi connectivity index (χ1v) is 45.5. The molecular formula is C90H136F24O11. The van der Waals surface area contributed by atoms with Gasteiger partial charge in [-0.3, -0.25) is 9.59 Å². The Hall–Kier alpha value is -3.02. The summed E-state index contributed by atoms with van der Waals surface area (Å²) < 4.78 is 304. The lowest BCUT2D eigenvalue weighted by molar-refractivity contribution is -0.390. The lowest BCUT2D eigenvalue weighted by Crippen LogP contribution is -2.63. The van der Waals surface area contributed by atoms with Crippen LogP contribution in [0.15, 0.2) is 0 Å². The van der Waals surface area contributed by atoms with E-state index in [4.69, 9.17) is 15.3 Å². The number of carboxylic acids is 2. The third-order valence-corrected chi connectivity index (χ3v) is 38.8. The van der Waals surface area contributed by atoms with Crippen LogP contribution >= 0.6 is 0 Å². The number of aliphatic hydroxyl groups is 7. The number of hydrogen-bond donors (Lipinski definition) is 9. The highest BCUT2D eigenvalue weighted by Crippen LogP contribution is 2.69. The van der Waals surface area contributed by atoms with Crippen molar-refractivity contribution in [2.75, 3.05) is 13.2 Å². The van der Waals surface area contributed by atoms with Gasteiger partial charge in [-0.1, -0.05) is 111 Å². The second-order valence-corrected chi connectivity index (χ2v) is 43.1. The fourth-order valence-corrected chi connectivity index (χ4v) is 29.6. The van der Waals surface area contributed by atoms with Crippen molar-refractivity contribution in [1.29, 1.82) is 0 Å². The Balaban J connectivity index is 0.000000162. The molecule has 16 bridgehead atoms. The third-order valence-electron chi connectivity index (χ3n) is 38.8. The predicted octanol–water partition coefficient (Wildman–Crippen LogP) is 22.6. The Morgan fingerprint density at radius 3 is 1.02 bits per heavy atom. The van der Waals surface area contributed by atoms with Crippen LogP contribution in [0.3, 0.4) is 0 Å². The summed E-state index contributed by atoms with van der Waals surface area (Å²) in [6.07, 6.45) is -37.8. The molecule has 0 amide bonds. The number of carbonyl (C=O) groups is 2. The normalized spacial score (nSPS) is 46.2. The average Bonchev–Trinajstić information content (AvgIpc) is 1.53. The minimum Gasteiger partial charge on any atom is -0.481 e. The summed E-state index contributed by atoms with van der Waals surface area (Å²) in [7, 11) is 0. The quantitative estimate of drug-likeness (QED) is 0.0938. The molecule has 43 unspecified atom stereocenters. The van der Waals surface area contributed by atoms with E-state index in [2.05, 4.69) is 48.5 Å². The van der Waals surface area contributed by atoms with Crippen LogP contribution in [0.25, 0.3) is 0 Å². The van der Waals surface area contributed by atoms with Gasteiger partial charge in [0.1, 0.15) is 6.10 Å². The number of carboxylic acid groups (broad SMARTS) is 2. The Bertz CT molecular complexity index is 3520. The molecule has 0 aliphatic heterocycles. The largest absolute Gasteiger partial charge is 0.481 e. The van der Waals surface area contributed by atoms with E-state index in [-0.39, 0.29) is 122 Å². The summed E-state index contributed by atoms with van der Waals surface area (Å²) in [4.78, 5) is 21.9. The van der Waals surface area contributed by atoms with Gasteiger partial charge in [0.25, 0.3) is 11.2 Å². The Morgan fingerprint density at radius 2 is 0.704 bits per heavy atom. The van der Waals surface area contributed by atoms with Crippen LogP contribution in [0.5, 0.6) is 0 Å². The van der Waals surface area contributed by atoms with Crippen molar-refractivity contribution in [3.63, 3.8) is 0 Å². The van der Waals surface area contributed by atoms with Gasteiger partial charge in [0.15, 0.2) is 17.1 Å². The maximum atomic E-state index is 13.0. The topological polar surface area (TPSA) is 216 Å². The van der Waals surface area contributed by atoms with E-state index in [1.54, 1.807) is 13.8 Å². The number of halogens is 24. The third kappa shape index (κ3) is 19.3. The minimum atomic E-state index is -5.69. The van der Waals surface area contributed by atoms with Crippen molar-refractivity contribution in [1.82, 2.24) is 0 Å².